The molecule has 2 aliphatic heterocycles. The van der Waals surface area contributed by atoms with Crippen LogP contribution < -0.4 is 19.6 Å². The fourth-order valence-electron chi connectivity index (χ4n) is 6.52. The second kappa shape index (κ2) is 12.7. The van der Waals surface area contributed by atoms with E-state index in [0.717, 1.165) is 27.2 Å². The van der Waals surface area contributed by atoms with Crippen LogP contribution in [0.25, 0.3) is 27.8 Å². The van der Waals surface area contributed by atoms with Crippen molar-refractivity contribution in [2.45, 2.75) is 26.4 Å². The maximum atomic E-state index is 14.5. The van der Waals surface area contributed by atoms with Crippen LogP contribution in [0.1, 0.15) is 31.0 Å². The second-order valence-corrected chi connectivity index (χ2v) is 12.4. The molecule has 0 spiro atoms. The Balaban J connectivity index is 1.41. The lowest BCUT2D eigenvalue weighted by Gasteiger charge is -2.27. The van der Waals surface area contributed by atoms with Crippen LogP contribution in [0.15, 0.2) is 87.9 Å². The lowest BCUT2D eigenvalue weighted by Crippen LogP contribution is -2.42. The highest BCUT2D eigenvalue weighted by Gasteiger charge is 2.36. The zero-order valence-corrected chi connectivity index (χ0v) is 27.2. The molecule has 10 nitrogen and oxygen atoms in total. The van der Waals surface area contributed by atoms with Crippen LogP contribution in [0.3, 0.4) is 0 Å². The molecule has 1 fully saturated rings. The number of benzene rings is 3. The molecular formula is C36H34N4O6S. The number of esters is 1. The SMILES string of the molecule is CCOC(=O)C1=C(C)N=c2s/c(=C/c3cn(CC(=O)N4CCOCC4)c4ccccc34)c(=O)n2[C@@H]1c1c(OC)ccc2ccccc12. The molecule has 2 aromatic heterocycles. The number of carbonyl (C=O) groups is 2. The minimum Gasteiger partial charge on any atom is -0.496 e. The number of rotatable bonds is 7. The van der Waals surface area contributed by atoms with Gasteiger partial charge in [0.1, 0.15) is 18.3 Å². The van der Waals surface area contributed by atoms with Crippen molar-refractivity contribution in [1.29, 1.82) is 0 Å². The molecule has 0 aliphatic carbocycles. The number of methoxy groups -OCH3 is 1. The predicted octanol–water partition coefficient (Wildman–Crippen LogP) is 3.77. The number of morpholine rings is 1. The number of fused-ring (bicyclic) bond motifs is 3. The fourth-order valence-corrected chi connectivity index (χ4v) is 7.56. The van der Waals surface area contributed by atoms with Gasteiger partial charge in [0.2, 0.25) is 5.91 Å². The van der Waals surface area contributed by atoms with E-state index >= 15 is 0 Å². The first-order chi connectivity index (χ1) is 22.9. The Hall–Kier alpha value is -5.00. The topological polar surface area (TPSA) is 104 Å². The third kappa shape index (κ3) is 5.45. The van der Waals surface area contributed by atoms with Crippen LogP contribution in [0, 0.1) is 0 Å². The third-order valence-electron chi connectivity index (χ3n) is 8.72. The van der Waals surface area contributed by atoms with Crippen molar-refractivity contribution in [3.63, 3.8) is 0 Å². The Kier molecular flexibility index (Phi) is 8.25. The van der Waals surface area contributed by atoms with Gasteiger partial charge in [0.05, 0.1) is 42.7 Å². The third-order valence-corrected chi connectivity index (χ3v) is 9.70. The number of amides is 1. The van der Waals surface area contributed by atoms with Crippen molar-refractivity contribution < 1.29 is 23.8 Å². The molecular weight excluding hydrogens is 616 g/mol. The lowest BCUT2D eigenvalue weighted by molar-refractivity contribution is -0.139. The Morgan fingerprint density at radius 3 is 2.55 bits per heavy atom. The summed E-state index contributed by atoms with van der Waals surface area (Å²) in [5.41, 5.74) is 2.87. The standard InChI is InChI=1S/C36H34N4O6S/c1-4-46-35(43)31-22(2)37-36-40(33(31)32-26-11-6-5-9-23(26)13-14-28(32)44-3)34(42)29(47-36)19-24-20-39(27-12-8-7-10-25(24)27)21-30(41)38-15-17-45-18-16-38/h5-14,19-20,33H,4,15-18,21H2,1-3H3/b29-19+/t33-/m0/s1. The summed E-state index contributed by atoms with van der Waals surface area (Å²) in [6.07, 6.45) is 3.77. The highest BCUT2D eigenvalue weighted by atomic mass is 32.1. The number of allylic oxidation sites excluding steroid dienone is 1. The number of nitrogens with zero attached hydrogens (tertiary/aromatic N) is 4. The van der Waals surface area contributed by atoms with Crippen LogP contribution >= 0.6 is 11.3 Å². The van der Waals surface area contributed by atoms with Gasteiger partial charge < -0.3 is 23.7 Å². The van der Waals surface area contributed by atoms with Gasteiger partial charge >= 0.3 is 5.97 Å². The first-order valence-electron chi connectivity index (χ1n) is 15.6. The van der Waals surface area contributed by atoms with E-state index in [1.54, 1.807) is 25.5 Å². The minimum atomic E-state index is -0.832. The summed E-state index contributed by atoms with van der Waals surface area (Å²) in [6, 6.07) is 18.7. The number of para-hydroxylation sites is 1. The van der Waals surface area contributed by atoms with Crippen molar-refractivity contribution in [1.82, 2.24) is 14.0 Å². The quantitative estimate of drug-likeness (QED) is 0.249. The van der Waals surface area contributed by atoms with Crippen molar-refractivity contribution in [2.24, 2.45) is 4.99 Å². The van der Waals surface area contributed by atoms with Gasteiger partial charge in [-0.15, -0.1) is 0 Å². The first-order valence-corrected chi connectivity index (χ1v) is 16.4. The van der Waals surface area contributed by atoms with Crippen molar-refractivity contribution in [2.75, 3.05) is 40.0 Å². The maximum Gasteiger partial charge on any atom is 0.338 e. The summed E-state index contributed by atoms with van der Waals surface area (Å²) < 4.78 is 20.7. The van der Waals surface area contributed by atoms with E-state index in [4.69, 9.17) is 19.2 Å². The van der Waals surface area contributed by atoms with Gasteiger partial charge in [-0.05, 0) is 42.8 Å². The van der Waals surface area contributed by atoms with Crippen LogP contribution in [-0.2, 0) is 25.6 Å². The van der Waals surface area contributed by atoms with Gasteiger partial charge in [-0.1, -0.05) is 59.9 Å². The fraction of sp³-hybridized carbons (Fsp3) is 0.278. The molecule has 4 heterocycles. The minimum absolute atomic E-state index is 0.0194. The molecule has 0 N–H and O–H groups in total. The highest BCUT2D eigenvalue weighted by molar-refractivity contribution is 7.07. The molecule has 1 saturated heterocycles. The molecule has 240 valence electrons. The predicted molar refractivity (Wildman–Crippen MR) is 180 cm³/mol. The first kappa shape index (κ1) is 30.6. The Morgan fingerprint density at radius 1 is 1.04 bits per heavy atom. The molecule has 0 radical (unpaired) electrons. The second-order valence-electron chi connectivity index (χ2n) is 11.4. The number of aromatic nitrogens is 2. The molecule has 0 saturated carbocycles. The molecule has 5 aromatic rings. The van der Waals surface area contributed by atoms with Crippen LogP contribution in [-0.4, -0.2) is 65.9 Å². The molecule has 1 amide bonds. The highest BCUT2D eigenvalue weighted by Crippen LogP contribution is 2.40. The number of carbonyl (C=O) groups excluding carboxylic acids is 2. The van der Waals surface area contributed by atoms with Crippen molar-refractivity contribution in [3.8, 4) is 5.75 Å². The van der Waals surface area contributed by atoms with E-state index in [0.29, 0.717) is 58.2 Å². The molecule has 3 aromatic carbocycles. The zero-order valence-electron chi connectivity index (χ0n) is 26.4. The molecule has 47 heavy (non-hydrogen) atoms. The molecule has 11 heteroatoms. The van der Waals surface area contributed by atoms with Gasteiger partial charge in [0.25, 0.3) is 5.56 Å². The summed E-state index contributed by atoms with van der Waals surface area (Å²) in [7, 11) is 1.58. The normalized spacial score (nSPS) is 16.8. The van der Waals surface area contributed by atoms with E-state index in [-0.39, 0.29) is 24.6 Å². The van der Waals surface area contributed by atoms with E-state index in [1.807, 2.05) is 82.4 Å². The average Bonchev–Trinajstić information content (AvgIpc) is 3.59. The van der Waals surface area contributed by atoms with Crippen molar-refractivity contribution in [3.05, 3.63) is 109 Å². The smallest absolute Gasteiger partial charge is 0.338 e. The van der Waals surface area contributed by atoms with Crippen LogP contribution in [0.2, 0.25) is 0 Å². The number of ether oxygens (including phenoxy) is 3. The largest absolute Gasteiger partial charge is 0.496 e. The Morgan fingerprint density at radius 2 is 1.79 bits per heavy atom. The van der Waals surface area contributed by atoms with E-state index < -0.39 is 12.0 Å². The van der Waals surface area contributed by atoms with Crippen molar-refractivity contribution >= 4 is 51.0 Å². The summed E-state index contributed by atoms with van der Waals surface area (Å²) in [5.74, 6) is 0.0368. The van der Waals surface area contributed by atoms with Gasteiger partial charge in [-0.2, -0.15) is 0 Å². The molecule has 2 aliphatic rings. The van der Waals surface area contributed by atoms with Crippen LogP contribution in [0.5, 0.6) is 5.75 Å². The van der Waals surface area contributed by atoms with Gasteiger partial charge in [0, 0.05) is 41.3 Å². The Labute approximate surface area is 274 Å². The van der Waals surface area contributed by atoms with E-state index in [9.17, 15) is 14.4 Å². The number of hydrogen-bond acceptors (Lipinski definition) is 8. The lowest BCUT2D eigenvalue weighted by atomic mass is 9.90. The molecule has 1 atom stereocenters. The molecule has 0 unspecified atom stereocenters. The average molecular weight is 651 g/mol. The summed E-state index contributed by atoms with van der Waals surface area (Å²) >= 11 is 1.26. The van der Waals surface area contributed by atoms with Gasteiger partial charge in [-0.25, -0.2) is 9.79 Å². The zero-order chi connectivity index (χ0) is 32.7. The van der Waals surface area contributed by atoms with Crippen LogP contribution in [0.4, 0.5) is 0 Å². The monoisotopic (exact) mass is 650 g/mol. The Bertz CT molecular complexity index is 2260. The molecule has 7 rings (SSSR count). The van der Waals surface area contributed by atoms with Gasteiger partial charge in [-0.3, -0.25) is 14.2 Å². The van der Waals surface area contributed by atoms with E-state index in [2.05, 4.69) is 0 Å². The summed E-state index contributed by atoms with van der Waals surface area (Å²) in [6.45, 7) is 6.09. The number of hydrogen-bond donors (Lipinski definition) is 0. The molecule has 0 bridgehead atoms. The maximum absolute atomic E-state index is 14.5. The van der Waals surface area contributed by atoms with Gasteiger partial charge in [0.15, 0.2) is 4.80 Å². The van der Waals surface area contributed by atoms with E-state index in [1.165, 1.54) is 11.3 Å². The summed E-state index contributed by atoms with van der Waals surface area (Å²) in [4.78, 5) is 48.3. The summed E-state index contributed by atoms with van der Waals surface area (Å²) in [5, 5.41) is 2.72. The number of thiazole rings is 1.